The summed E-state index contributed by atoms with van der Waals surface area (Å²) >= 11 is 0. The minimum atomic E-state index is -0.307. The third kappa shape index (κ3) is 4.96. The Balaban J connectivity index is 1.52. The minimum absolute atomic E-state index is 0.0462. The Morgan fingerprint density at radius 2 is 1.55 bits per heavy atom. The van der Waals surface area contributed by atoms with Gasteiger partial charge >= 0.3 is 6.09 Å². The Bertz CT molecular complexity index is 1060. The lowest BCUT2D eigenvalue weighted by Gasteiger charge is -2.29. The molecular weight excluding hydrogens is 408 g/mol. The summed E-state index contributed by atoms with van der Waals surface area (Å²) in [5.41, 5.74) is 13.6. The fraction of sp³-hybridized carbons (Fsp3) is 0.345. The van der Waals surface area contributed by atoms with Crippen LogP contribution in [0.15, 0.2) is 72.8 Å². The molecule has 0 radical (unpaired) electrons. The molecule has 172 valence electrons. The molecule has 3 aromatic rings. The van der Waals surface area contributed by atoms with E-state index in [1.807, 2.05) is 12.1 Å². The van der Waals surface area contributed by atoms with E-state index in [4.69, 9.17) is 10.5 Å². The number of nitrogens with two attached hydrogens (primary N) is 1. The molecule has 0 aliphatic heterocycles. The van der Waals surface area contributed by atoms with Crippen molar-refractivity contribution in [1.29, 1.82) is 0 Å². The van der Waals surface area contributed by atoms with Crippen molar-refractivity contribution in [3.8, 4) is 11.1 Å². The van der Waals surface area contributed by atoms with Gasteiger partial charge < -0.3 is 15.4 Å². The molecule has 1 amide bonds. The Morgan fingerprint density at radius 3 is 2.15 bits per heavy atom. The molecule has 4 rings (SSSR count). The van der Waals surface area contributed by atoms with Crippen LogP contribution in [0.4, 0.5) is 4.79 Å². The van der Waals surface area contributed by atoms with E-state index in [0.29, 0.717) is 25.6 Å². The van der Waals surface area contributed by atoms with Crippen molar-refractivity contribution in [1.82, 2.24) is 4.90 Å². The Hall–Kier alpha value is -3.11. The highest BCUT2D eigenvalue weighted by Crippen LogP contribution is 2.44. The van der Waals surface area contributed by atoms with Crippen LogP contribution in [0.25, 0.3) is 11.1 Å². The zero-order valence-electron chi connectivity index (χ0n) is 19.8. The smallest absolute Gasteiger partial charge is 0.410 e. The highest BCUT2D eigenvalue weighted by Gasteiger charge is 2.30. The average Bonchev–Trinajstić information content (AvgIpc) is 3.16. The third-order valence-electron chi connectivity index (χ3n) is 7.02. The molecule has 3 aromatic carbocycles. The average molecular weight is 443 g/mol. The molecule has 0 heterocycles. The number of hydrogen-bond acceptors (Lipinski definition) is 3. The van der Waals surface area contributed by atoms with E-state index in [0.717, 1.165) is 17.5 Å². The molecule has 0 fully saturated rings. The molecule has 2 atom stereocenters. The molecule has 0 aromatic heterocycles. The largest absolute Gasteiger partial charge is 0.448 e. The van der Waals surface area contributed by atoms with E-state index in [9.17, 15) is 4.79 Å². The zero-order valence-corrected chi connectivity index (χ0v) is 19.8. The Kier molecular flexibility index (Phi) is 7.14. The minimum Gasteiger partial charge on any atom is -0.448 e. The number of fused-ring (bicyclic) bond motifs is 3. The van der Waals surface area contributed by atoms with Crippen molar-refractivity contribution in [2.75, 3.05) is 13.2 Å². The summed E-state index contributed by atoms with van der Waals surface area (Å²) in [5.74, 6) is 0.371. The van der Waals surface area contributed by atoms with E-state index in [2.05, 4.69) is 81.4 Å². The van der Waals surface area contributed by atoms with Crippen molar-refractivity contribution < 1.29 is 9.53 Å². The number of rotatable bonds is 8. The van der Waals surface area contributed by atoms with Gasteiger partial charge in [-0.3, -0.25) is 0 Å². The molecule has 0 bridgehead atoms. The first-order valence-corrected chi connectivity index (χ1v) is 11.9. The number of carbonyl (C=O) groups is 1. The van der Waals surface area contributed by atoms with Crippen LogP contribution >= 0.6 is 0 Å². The topological polar surface area (TPSA) is 55.6 Å². The van der Waals surface area contributed by atoms with Gasteiger partial charge in [0.2, 0.25) is 0 Å². The quantitative estimate of drug-likeness (QED) is 0.457. The highest BCUT2D eigenvalue weighted by atomic mass is 16.6. The summed E-state index contributed by atoms with van der Waals surface area (Å²) < 4.78 is 5.96. The van der Waals surface area contributed by atoms with Crippen LogP contribution in [-0.4, -0.2) is 30.2 Å². The summed E-state index contributed by atoms with van der Waals surface area (Å²) in [6.45, 7) is 7.61. The van der Waals surface area contributed by atoms with Crippen LogP contribution in [0.2, 0.25) is 0 Å². The Labute approximate surface area is 197 Å². The second-order valence-electron chi connectivity index (χ2n) is 9.16. The van der Waals surface area contributed by atoms with Gasteiger partial charge in [0.05, 0.1) is 0 Å². The van der Waals surface area contributed by atoms with Crippen molar-refractivity contribution in [3.63, 3.8) is 0 Å². The molecule has 0 unspecified atom stereocenters. The van der Waals surface area contributed by atoms with Crippen molar-refractivity contribution in [2.24, 2.45) is 11.7 Å². The van der Waals surface area contributed by atoms with Crippen LogP contribution in [0.5, 0.6) is 0 Å². The molecule has 33 heavy (non-hydrogen) atoms. The molecule has 0 spiro atoms. The molecule has 4 heteroatoms. The predicted octanol–water partition coefficient (Wildman–Crippen LogP) is 6.12. The molecular formula is C29H34N2O2. The lowest BCUT2D eigenvalue weighted by molar-refractivity contribution is 0.0923. The lowest BCUT2D eigenvalue weighted by atomic mass is 9.98. The molecule has 4 nitrogen and oxygen atoms in total. The van der Waals surface area contributed by atoms with Gasteiger partial charge in [0.25, 0.3) is 0 Å². The van der Waals surface area contributed by atoms with E-state index >= 15 is 0 Å². The van der Waals surface area contributed by atoms with Gasteiger partial charge in [-0.1, -0.05) is 93.1 Å². The van der Waals surface area contributed by atoms with Gasteiger partial charge in [0, 0.05) is 25.0 Å². The summed E-state index contributed by atoms with van der Waals surface area (Å²) in [7, 11) is 0. The molecule has 1 aliphatic carbocycles. The van der Waals surface area contributed by atoms with Crippen LogP contribution < -0.4 is 5.73 Å². The fourth-order valence-corrected chi connectivity index (χ4v) is 4.62. The third-order valence-corrected chi connectivity index (χ3v) is 7.02. The summed E-state index contributed by atoms with van der Waals surface area (Å²) in [6.07, 6.45) is 0.670. The van der Waals surface area contributed by atoms with E-state index in [1.165, 1.54) is 22.3 Å². The summed E-state index contributed by atoms with van der Waals surface area (Å²) in [4.78, 5) is 15.1. The van der Waals surface area contributed by atoms with E-state index in [-0.39, 0.29) is 18.1 Å². The summed E-state index contributed by atoms with van der Waals surface area (Å²) in [5, 5.41) is 0. The van der Waals surface area contributed by atoms with Gasteiger partial charge in [0.15, 0.2) is 0 Å². The van der Waals surface area contributed by atoms with Gasteiger partial charge in [-0.25, -0.2) is 4.79 Å². The Morgan fingerprint density at radius 1 is 0.970 bits per heavy atom. The molecule has 1 aliphatic rings. The second kappa shape index (κ2) is 10.2. The number of benzene rings is 3. The van der Waals surface area contributed by atoms with Gasteiger partial charge in [-0.2, -0.15) is 0 Å². The number of carbonyl (C=O) groups excluding carboxylic acids is 1. The first-order valence-electron chi connectivity index (χ1n) is 11.9. The van der Waals surface area contributed by atoms with Crippen LogP contribution in [-0.2, 0) is 11.3 Å². The van der Waals surface area contributed by atoms with Crippen molar-refractivity contribution >= 4 is 6.09 Å². The zero-order chi connectivity index (χ0) is 23.4. The normalized spacial score (nSPS) is 14.3. The van der Waals surface area contributed by atoms with E-state index in [1.54, 1.807) is 4.90 Å². The van der Waals surface area contributed by atoms with Crippen molar-refractivity contribution in [2.45, 2.75) is 45.7 Å². The maximum atomic E-state index is 13.3. The fourth-order valence-electron chi connectivity index (χ4n) is 4.62. The van der Waals surface area contributed by atoms with Gasteiger partial charge in [-0.15, -0.1) is 0 Å². The van der Waals surface area contributed by atoms with Crippen molar-refractivity contribution in [3.05, 3.63) is 95.1 Å². The van der Waals surface area contributed by atoms with Gasteiger partial charge in [-0.05, 0) is 46.2 Å². The number of amides is 1. The standard InChI is InChI=1S/C29H34N2O2/c1-4-20(2)28(30)18-31(17-22-12-6-5-11-21(22)3)29(32)33-19-27-25-15-9-7-13-23(25)24-14-8-10-16-26(24)27/h5-16,20,27-28H,4,17-19,30H2,1-3H3/t20-,28+/m0/s1. The highest BCUT2D eigenvalue weighted by molar-refractivity contribution is 5.79. The summed E-state index contributed by atoms with van der Waals surface area (Å²) in [6, 6.07) is 24.8. The van der Waals surface area contributed by atoms with E-state index < -0.39 is 0 Å². The first-order chi connectivity index (χ1) is 16.0. The first kappa shape index (κ1) is 23.1. The molecule has 0 saturated carbocycles. The number of ether oxygens (including phenoxy) is 1. The predicted molar refractivity (Wildman–Crippen MR) is 134 cm³/mol. The molecule has 2 N–H and O–H groups in total. The number of nitrogens with zero attached hydrogens (tertiary/aromatic N) is 1. The number of hydrogen-bond donors (Lipinski definition) is 1. The maximum absolute atomic E-state index is 13.3. The second-order valence-corrected chi connectivity index (χ2v) is 9.16. The number of aryl methyl sites for hydroxylation is 1. The maximum Gasteiger partial charge on any atom is 0.410 e. The van der Waals surface area contributed by atoms with Gasteiger partial charge in [0.1, 0.15) is 6.61 Å². The van der Waals surface area contributed by atoms with Crippen LogP contribution in [0.3, 0.4) is 0 Å². The van der Waals surface area contributed by atoms with Crippen LogP contribution in [0.1, 0.15) is 48.4 Å². The monoisotopic (exact) mass is 442 g/mol. The molecule has 0 saturated heterocycles. The van der Waals surface area contributed by atoms with Crippen LogP contribution in [0, 0.1) is 12.8 Å². The lowest BCUT2D eigenvalue weighted by Crippen LogP contribution is -2.44. The SMILES string of the molecule is CC[C@H](C)[C@H](N)CN(Cc1ccccc1C)C(=O)OCC1c2ccccc2-c2ccccc21.